The van der Waals surface area contributed by atoms with Gasteiger partial charge in [0.25, 0.3) is 0 Å². The zero-order valence-corrected chi connectivity index (χ0v) is 8.87. The van der Waals surface area contributed by atoms with Crippen LogP contribution in [0.25, 0.3) is 0 Å². The van der Waals surface area contributed by atoms with Gasteiger partial charge in [0.05, 0.1) is 0 Å². The zero-order chi connectivity index (χ0) is 10.2. The molecule has 14 heavy (non-hydrogen) atoms. The van der Waals surface area contributed by atoms with Crippen LogP contribution in [-0.2, 0) is 6.54 Å². The van der Waals surface area contributed by atoms with Crippen molar-refractivity contribution in [3.63, 3.8) is 0 Å². The van der Waals surface area contributed by atoms with E-state index >= 15 is 0 Å². The van der Waals surface area contributed by atoms with E-state index in [1.54, 1.807) is 0 Å². The fraction of sp³-hybridized carbons (Fsp3) is 0.500. The summed E-state index contributed by atoms with van der Waals surface area (Å²) in [6, 6.07) is 10.9. The first-order chi connectivity index (χ1) is 6.86. The van der Waals surface area contributed by atoms with Gasteiger partial charge in [-0.15, -0.1) is 0 Å². The minimum absolute atomic E-state index is 0.459. The van der Waals surface area contributed by atoms with Crippen LogP contribution < -0.4 is 11.1 Å². The third-order valence-electron chi connectivity index (χ3n) is 2.36. The van der Waals surface area contributed by atoms with Gasteiger partial charge in [0.2, 0.25) is 0 Å². The molecule has 1 aromatic rings. The van der Waals surface area contributed by atoms with Crippen LogP contribution in [0.2, 0.25) is 0 Å². The molecule has 3 N–H and O–H groups in total. The van der Waals surface area contributed by atoms with Crippen molar-refractivity contribution in [3.05, 3.63) is 35.9 Å². The minimum Gasteiger partial charge on any atom is -0.329 e. The Morgan fingerprint density at radius 2 is 2.00 bits per heavy atom. The molecule has 0 saturated heterocycles. The Balaban J connectivity index is 2.32. The topological polar surface area (TPSA) is 38.0 Å². The summed E-state index contributed by atoms with van der Waals surface area (Å²) in [5.41, 5.74) is 6.98. The van der Waals surface area contributed by atoms with Gasteiger partial charge in [-0.05, 0) is 12.0 Å². The Kier molecular flexibility index (Phi) is 5.27. The maximum Gasteiger partial charge on any atom is 0.0208 e. The lowest BCUT2D eigenvalue weighted by Gasteiger charge is -2.15. The van der Waals surface area contributed by atoms with Crippen LogP contribution in [0.3, 0.4) is 0 Å². The fourth-order valence-corrected chi connectivity index (χ4v) is 1.51. The van der Waals surface area contributed by atoms with Crippen LogP contribution in [0.1, 0.15) is 25.3 Å². The molecular formula is C12H20N2. The van der Waals surface area contributed by atoms with E-state index in [2.05, 4.69) is 36.5 Å². The van der Waals surface area contributed by atoms with Crippen molar-refractivity contribution in [2.75, 3.05) is 6.54 Å². The van der Waals surface area contributed by atoms with E-state index in [1.807, 2.05) is 6.07 Å². The molecule has 78 valence electrons. The highest BCUT2D eigenvalue weighted by Gasteiger charge is 2.03. The maximum absolute atomic E-state index is 5.66. The largest absolute Gasteiger partial charge is 0.329 e. The van der Waals surface area contributed by atoms with Crippen LogP contribution in [-0.4, -0.2) is 12.6 Å². The molecule has 0 spiro atoms. The number of rotatable bonds is 6. The monoisotopic (exact) mass is 192 g/mol. The summed E-state index contributed by atoms with van der Waals surface area (Å²) in [5.74, 6) is 0. The average molecular weight is 192 g/mol. The molecule has 0 bridgehead atoms. The molecule has 0 unspecified atom stereocenters. The van der Waals surface area contributed by atoms with Gasteiger partial charge in [-0.3, -0.25) is 0 Å². The summed E-state index contributed by atoms with van der Waals surface area (Å²) in [4.78, 5) is 0. The van der Waals surface area contributed by atoms with Gasteiger partial charge >= 0.3 is 0 Å². The van der Waals surface area contributed by atoms with Crippen molar-refractivity contribution < 1.29 is 0 Å². The molecule has 0 radical (unpaired) electrons. The SMILES string of the molecule is CCC[C@H](CN)NCc1ccccc1. The number of hydrogen-bond acceptors (Lipinski definition) is 2. The molecule has 0 aliphatic rings. The van der Waals surface area contributed by atoms with Crippen molar-refractivity contribution in [1.29, 1.82) is 0 Å². The summed E-state index contributed by atoms with van der Waals surface area (Å²) in [6.07, 6.45) is 2.34. The van der Waals surface area contributed by atoms with E-state index in [-0.39, 0.29) is 0 Å². The standard InChI is InChI=1S/C12H20N2/c1-2-6-12(9-13)14-10-11-7-4-3-5-8-11/h3-5,7-8,12,14H,2,6,9-10,13H2,1H3/t12-/m1/s1. The predicted molar refractivity (Wildman–Crippen MR) is 61.0 cm³/mol. The quantitative estimate of drug-likeness (QED) is 0.722. The molecule has 0 saturated carbocycles. The van der Waals surface area contributed by atoms with Crippen LogP contribution in [0.4, 0.5) is 0 Å². The minimum atomic E-state index is 0.459. The normalized spacial score (nSPS) is 12.7. The Labute approximate surface area is 86.5 Å². The maximum atomic E-state index is 5.66. The van der Waals surface area contributed by atoms with E-state index in [1.165, 1.54) is 12.0 Å². The first-order valence-corrected chi connectivity index (χ1v) is 5.34. The Morgan fingerprint density at radius 3 is 2.57 bits per heavy atom. The van der Waals surface area contributed by atoms with E-state index in [9.17, 15) is 0 Å². The third kappa shape index (κ3) is 3.90. The summed E-state index contributed by atoms with van der Waals surface area (Å²) in [7, 11) is 0. The highest BCUT2D eigenvalue weighted by molar-refractivity contribution is 5.14. The number of hydrogen-bond donors (Lipinski definition) is 2. The molecule has 0 aliphatic heterocycles. The first-order valence-electron chi connectivity index (χ1n) is 5.34. The highest BCUT2D eigenvalue weighted by Crippen LogP contribution is 2.00. The highest BCUT2D eigenvalue weighted by atomic mass is 14.9. The molecule has 0 aromatic heterocycles. The molecule has 1 aromatic carbocycles. The van der Waals surface area contributed by atoms with Gasteiger partial charge < -0.3 is 11.1 Å². The summed E-state index contributed by atoms with van der Waals surface area (Å²) < 4.78 is 0. The molecule has 0 heterocycles. The second kappa shape index (κ2) is 6.57. The molecule has 2 heteroatoms. The Bertz CT molecular complexity index is 233. The zero-order valence-electron chi connectivity index (χ0n) is 8.87. The first kappa shape index (κ1) is 11.2. The van der Waals surface area contributed by atoms with Crippen molar-refractivity contribution in [1.82, 2.24) is 5.32 Å². The van der Waals surface area contributed by atoms with Crippen molar-refractivity contribution in [2.24, 2.45) is 5.73 Å². The Morgan fingerprint density at radius 1 is 1.29 bits per heavy atom. The van der Waals surface area contributed by atoms with E-state index in [0.717, 1.165) is 19.5 Å². The van der Waals surface area contributed by atoms with Gasteiger partial charge in [-0.2, -0.15) is 0 Å². The van der Waals surface area contributed by atoms with E-state index < -0.39 is 0 Å². The third-order valence-corrected chi connectivity index (χ3v) is 2.36. The van der Waals surface area contributed by atoms with Crippen LogP contribution in [0.15, 0.2) is 30.3 Å². The lowest BCUT2D eigenvalue weighted by atomic mass is 10.1. The van der Waals surface area contributed by atoms with Gasteiger partial charge in [0, 0.05) is 19.1 Å². The molecule has 2 nitrogen and oxygen atoms in total. The molecule has 0 aliphatic carbocycles. The van der Waals surface area contributed by atoms with Gasteiger partial charge in [0.1, 0.15) is 0 Å². The molecule has 0 amide bonds. The van der Waals surface area contributed by atoms with Crippen LogP contribution in [0.5, 0.6) is 0 Å². The molecule has 0 fully saturated rings. The van der Waals surface area contributed by atoms with Gasteiger partial charge in [-0.1, -0.05) is 43.7 Å². The van der Waals surface area contributed by atoms with Gasteiger partial charge in [0.15, 0.2) is 0 Å². The number of nitrogens with one attached hydrogen (secondary N) is 1. The summed E-state index contributed by atoms with van der Waals surface area (Å²) in [5, 5.41) is 3.46. The van der Waals surface area contributed by atoms with E-state index in [4.69, 9.17) is 5.73 Å². The van der Waals surface area contributed by atoms with Crippen molar-refractivity contribution in [3.8, 4) is 0 Å². The van der Waals surface area contributed by atoms with E-state index in [0.29, 0.717) is 6.04 Å². The average Bonchev–Trinajstić information content (AvgIpc) is 2.25. The second-order valence-corrected chi connectivity index (χ2v) is 3.59. The Hall–Kier alpha value is -0.860. The fourth-order valence-electron chi connectivity index (χ4n) is 1.51. The second-order valence-electron chi connectivity index (χ2n) is 3.59. The van der Waals surface area contributed by atoms with Crippen molar-refractivity contribution >= 4 is 0 Å². The van der Waals surface area contributed by atoms with Crippen LogP contribution >= 0.6 is 0 Å². The lowest BCUT2D eigenvalue weighted by molar-refractivity contribution is 0.482. The van der Waals surface area contributed by atoms with Gasteiger partial charge in [-0.25, -0.2) is 0 Å². The summed E-state index contributed by atoms with van der Waals surface area (Å²) >= 11 is 0. The smallest absolute Gasteiger partial charge is 0.0208 e. The molecule has 1 atom stereocenters. The molecular weight excluding hydrogens is 172 g/mol. The lowest BCUT2D eigenvalue weighted by Crippen LogP contribution is -2.35. The number of nitrogens with two attached hydrogens (primary N) is 1. The molecule has 1 rings (SSSR count). The van der Waals surface area contributed by atoms with Crippen molar-refractivity contribution in [2.45, 2.75) is 32.4 Å². The van der Waals surface area contributed by atoms with Crippen LogP contribution in [0, 0.1) is 0 Å². The number of benzene rings is 1. The summed E-state index contributed by atoms with van der Waals surface area (Å²) in [6.45, 7) is 3.83. The predicted octanol–water partition coefficient (Wildman–Crippen LogP) is 1.90.